The summed E-state index contributed by atoms with van der Waals surface area (Å²) >= 11 is 3.50. The molecule has 0 spiro atoms. The monoisotopic (exact) mass is 643 g/mol. The Morgan fingerprint density at radius 1 is 1.02 bits per heavy atom. The number of hydrogen-bond acceptors (Lipinski definition) is 9. The van der Waals surface area contributed by atoms with E-state index in [4.69, 9.17) is 0 Å². The first-order valence-corrected chi connectivity index (χ1v) is 14.7. The number of unbranched alkanes of at least 4 members (excludes halogenated alkanes) is 2. The number of carbonyl (C=O) groups is 5. The number of benzene rings is 2. The highest BCUT2D eigenvalue weighted by Crippen LogP contribution is 2.30. The Balaban J connectivity index is 0.972. The minimum atomic E-state index is -0.993. The highest BCUT2D eigenvalue weighted by atomic mass is 79.9. The fraction of sp³-hybridized carbons (Fsp3) is 0.267. The third kappa shape index (κ3) is 5.67. The molecule has 1 atom stereocenters. The molecule has 218 valence electrons. The van der Waals surface area contributed by atoms with E-state index in [-0.39, 0.29) is 29.9 Å². The molecule has 6 rings (SSSR count). The Labute approximate surface area is 254 Å². The predicted molar refractivity (Wildman–Crippen MR) is 159 cm³/mol. The summed E-state index contributed by atoms with van der Waals surface area (Å²) in [6, 6.07) is 9.58. The molecular weight excluding hydrogens is 618 g/mol. The SMILES string of the molecule is O=C1CCC(N2C(=O)c3ccc(NCCCCCC(=O)n4cc(-c5cnc6cccc(Br)c6n5)cn4)cc3C2=O)C(=O)N1. The molecule has 2 N–H and O–H groups in total. The molecule has 2 aromatic heterocycles. The highest BCUT2D eigenvalue weighted by molar-refractivity contribution is 9.10. The summed E-state index contributed by atoms with van der Waals surface area (Å²) in [5, 5.41) is 9.66. The molecule has 2 aliphatic heterocycles. The molecule has 1 fully saturated rings. The molecule has 0 radical (unpaired) electrons. The molecule has 0 bridgehead atoms. The van der Waals surface area contributed by atoms with Crippen LogP contribution in [0.15, 0.2) is 59.5 Å². The van der Waals surface area contributed by atoms with E-state index in [0.29, 0.717) is 36.3 Å². The van der Waals surface area contributed by atoms with Gasteiger partial charge in [0.15, 0.2) is 0 Å². The van der Waals surface area contributed by atoms with Crippen LogP contribution in [-0.4, -0.2) is 66.8 Å². The second kappa shape index (κ2) is 11.8. The number of amides is 4. The first-order chi connectivity index (χ1) is 20.8. The van der Waals surface area contributed by atoms with Gasteiger partial charge < -0.3 is 5.32 Å². The van der Waals surface area contributed by atoms with Crippen molar-refractivity contribution in [3.05, 3.63) is 70.6 Å². The Morgan fingerprint density at radius 2 is 1.86 bits per heavy atom. The van der Waals surface area contributed by atoms with E-state index in [2.05, 4.69) is 41.6 Å². The molecule has 12 nitrogen and oxygen atoms in total. The number of rotatable bonds is 9. The number of hydrogen-bond donors (Lipinski definition) is 2. The van der Waals surface area contributed by atoms with Crippen molar-refractivity contribution < 1.29 is 24.0 Å². The van der Waals surface area contributed by atoms with Crippen LogP contribution in [0.2, 0.25) is 0 Å². The van der Waals surface area contributed by atoms with Crippen molar-refractivity contribution in [3.8, 4) is 11.3 Å². The van der Waals surface area contributed by atoms with E-state index < -0.39 is 29.7 Å². The summed E-state index contributed by atoms with van der Waals surface area (Å²) in [4.78, 5) is 72.3. The van der Waals surface area contributed by atoms with Gasteiger partial charge in [-0.2, -0.15) is 5.10 Å². The summed E-state index contributed by atoms with van der Waals surface area (Å²) in [7, 11) is 0. The van der Waals surface area contributed by atoms with Crippen LogP contribution in [0.5, 0.6) is 0 Å². The van der Waals surface area contributed by atoms with E-state index in [1.54, 1.807) is 36.8 Å². The van der Waals surface area contributed by atoms with Gasteiger partial charge in [-0.15, -0.1) is 0 Å². The van der Waals surface area contributed by atoms with Crippen LogP contribution >= 0.6 is 15.9 Å². The number of nitrogens with one attached hydrogen (secondary N) is 2. The van der Waals surface area contributed by atoms with E-state index >= 15 is 0 Å². The second-order valence-corrected chi connectivity index (χ2v) is 11.2. The van der Waals surface area contributed by atoms with Crippen LogP contribution < -0.4 is 10.6 Å². The van der Waals surface area contributed by atoms with Gasteiger partial charge in [0.05, 0.1) is 34.7 Å². The highest BCUT2D eigenvalue weighted by Gasteiger charge is 2.44. The Morgan fingerprint density at radius 3 is 2.70 bits per heavy atom. The molecule has 2 aromatic carbocycles. The van der Waals surface area contributed by atoms with E-state index in [1.807, 2.05) is 18.2 Å². The van der Waals surface area contributed by atoms with Crippen molar-refractivity contribution in [1.82, 2.24) is 30.0 Å². The lowest BCUT2D eigenvalue weighted by atomic mass is 10.0. The maximum atomic E-state index is 13.0. The normalized spacial score (nSPS) is 16.5. The number of anilines is 1. The number of para-hydroxylation sites is 1. The van der Waals surface area contributed by atoms with E-state index in [0.717, 1.165) is 33.2 Å². The number of halogens is 1. The average Bonchev–Trinajstić information content (AvgIpc) is 3.59. The zero-order chi connectivity index (χ0) is 30.1. The summed E-state index contributed by atoms with van der Waals surface area (Å²) in [5.74, 6) is -2.24. The smallest absolute Gasteiger partial charge is 0.262 e. The number of imide groups is 2. The van der Waals surface area contributed by atoms with Crippen LogP contribution in [0.3, 0.4) is 0 Å². The molecule has 0 aliphatic carbocycles. The van der Waals surface area contributed by atoms with Crippen LogP contribution in [0.1, 0.15) is 64.0 Å². The van der Waals surface area contributed by atoms with Gasteiger partial charge in [-0.3, -0.25) is 39.2 Å². The quantitative estimate of drug-likeness (QED) is 0.203. The van der Waals surface area contributed by atoms with Gasteiger partial charge in [0.1, 0.15) is 11.6 Å². The first-order valence-electron chi connectivity index (χ1n) is 13.9. The maximum Gasteiger partial charge on any atom is 0.262 e. The lowest BCUT2D eigenvalue weighted by Gasteiger charge is -2.27. The fourth-order valence-electron chi connectivity index (χ4n) is 5.24. The van der Waals surface area contributed by atoms with Crippen LogP contribution in [0, 0.1) is 0 Å². The molecular formula is C30H26BrN7O5. The van der Waals surface area contributed by atoms with Crippen molar-refractivity contribution >= 4 is 62.2 Å². The molecule has 43 heavy (non-hydrogen) atoms. The molecule has 0 saturated carbocycles. The predicted octanol–water partition coefficient (Wildman–Crippen LogP) is 3.97. The Bertz CT molecular complexity index is 1800. The molecule has 1 saturated heterocycles. The van der Waals surface area contributed by atoms with Gasteiger partial charge in [-0.1, -0.05) is 12.5 Å². The maximum absolute atomic E-state index is 13.0. The molecule has 2 aliphatic rings. The third-order valence-corrected chi connectivity index (χ3v) is 8.13. The number of piperidine rings is 1. The largest absolute Gasteiger partial charge is 0.385 e. The van der Waals surface area contributed by atoms with Crippen molar-refractivity contribution in [2.24, 2.45) is 0 Å². The van der Waals surface area contributed by atoms with Gasteiger partial charge in [0.25, 0.3) is 11.8 Å². The van der Waals surface area contributed by atoms with Crippen molar-refractivity contribution in [1.29, 1.82) is 0 Å². The lowest BCUT2D eigenvalue weighted by molar-refractivity contribution is -0.136. The van der Waals surface area contributed by atoms with Gasteiger partial charge in [-0.05, 0) is 65.5 Å². The average molecular weight is 644 g/mol. The summed E-state index contributed by atoms with van der Waals surface area (Å²) in [6.45, 7) is 0.605. The number of aromatic nitrogens is 4. The third-order valence-electron chi connectivity index (χ3n) is 7.49. The lowest BCUT2D eigenvalue weighted by Crippen LogP contribution is -2.54. The molecule has 1 unspecified atom stereocenters. The standard InChI is InChI=1S/C30H26BrN7O5/c31-21-5-4-6-22-27(21)35-23(15-33-22)17-14-34-37(16-17)26(40)7-2-1-3-12-32-18-8-9-19-20(13-18)30(43)38(29(19)42)24-10-11-25(39)36-28(24)41/h4-6,8-9,13-16,24,32H,1-3,7,10-12H2,(H,36,39,41). The number of nitrogens with zero attached hydrogens (tertiary/aromatic N) is 5. The Hall–Kier alpha value is -4.78. The van der Waals surface area contributed by atoms with Crippen molar-refractivity contribution in [2.75, 3.05) is 11.9 Å². The van der Waals surface area contributed by atoms with Gasteiger partial charge in [0, 0.05) is 41.3 Å². The number of carbonyl (C=O) groups excluding carboxylic acids is 5. The van der Waals surface area contributed by atoms with Crippen LogP contribution in [0.4, 0.5) is 5.69 Å². The van der Waals surface area contributed by atoms with Gasteiger partial charge >= 0.3 is 0 Å². The molecule has 4 aromatic rings. The zero-order valence-electron chi connectivity index (χ0n) is 22.9. The van der Waals surface area contributed by atoms with Crippen molar-refractivity contribution in [2.45, 2.75) is 44.6 Å². The summed E-state index contributed by atoms with van der Waals surface area (Å²) in [6.07, 6.45) is 7.71. The summed E-state index contributed by atoms with van der Waals surface area (Å²) < 4.78 is 2.17. The topological polar surface area (TPSA) is 156 Å². The fourth-order valence-corrected chi connectivity index (χ4v) is 5.68. The molecule has 4 amide bonds. The zero-order valence-corrected chi connectivity index (χ0v) is 24.5. The second-order valence-electron chi connectivity index (χ2n) is 10.4. The van der Waals surface area contributed by atoms with Crippen LogP contribution in [0.25, 0.3) is 22.3 Å². The van der Waals surface area contributed by atoms with E-state index in [1.165, 1.54) is 4.68 Å². The Kier molecular flexibility index (Phi) is 7.80. The minimum absolute atomic E-state index is 0.0734. The van der Waals surface area contributed by atoms with Gasteiger partial charge in [0.2, 0.25) is 17.7 Å². The molecule has 13 heteroatoms. The van der Waals surface area contributed by atoms with Crippen molar-refractivity contribution in [3.63, 3.8) is 0 Å². The van der Waals surface area contributed by atoms with Gasteiger partial charge in [-0.25, -0.2) is 9.67 Å². The first kappa shape index (κ1) is 28.3. The van der Waals surface area contributed by atoms with Crippen LogP contribution in [-0.2, 0) is 9.59 Å². The minimum Gasteiger partial charge on any atom is -0.385 e. The number of fused-ring (bicyclic) bond motifs is 2. The van der Waals surface area contributed by atoms with E-state index in [9.17, 15) is 24.0 Å². The molecule has 4 heterocycles. The summed E-state index contributed by atoms with van der Waals surface area (Å²) in [5.41, 5.74) is 3.98.